The Hall–Kier alpha value is -2.07. The summed E-state index contributed by atoms with van der Waals surface area (Å²) in [7, 11) is -3.48. The molecule has 0 unspecified atom stereocenters. The first-order valence-electron chi connectivity index (χ1n) is 7.78. The van der Waals surface area contributed by atoms with Crippen molar-refractivity contribution in [1.29, 1.82) is 0 Å². The highest BCUT2D eigenvalue weighted by Gasteiger charge is 2.26. The van der Waals surface area contributed by atoms with Gasteiger partial charge in [-0.05, 0) is 35.7 Å². The van der Waals surface area contributed by atoms with Crippen LogP contribution in [0.15, 0.2) is 46.9 Å². The van der Waals surface area contributed by atoms with Crippen molar-refractivity contribution in [2.45, 2.75) is 4.90 Å². The molecular weight excluding hydrogens is 360 g/mol. The molecule has 7 nitrogen and oxygen atoms in total. The Kier molecular flexibility index (Phi) is 4.38. The highest BCUT2D eigenvalue weighted by molar-refractivity contribution is 7.89. The molecule has 3 heterocycles. The molecule has 9 heteroatoms. The van der Waals surface area contributed by atoms with Crippen LogP contribution in [-0.2, 0) is 14.8 Å². The maximum atomic E-state index is 12.6. The second-order valence-electron chi connectivity index (χ2n) is 5.53. The van der Waals surface area contributed by atoms with Gasteiger partial charge in [0, 0.05) is 18.8 Å². The van der Waals surface area contributed by atoms with Gasteiger partial charge in [0.1, 0.15) is 17.0 Å². The van der Waals surface area contributed by atoms with Gasteiger partial charge in [0.2, 0.25) is 10.0 Å². The molecule has 1 fully saturated rings. The monoisotopic (exact) mass is 376 g/mol. The zero-order valence-corrected chi connectivity index (χ0v) is 14.9. The first kappa shape index (κ1) is 16.4. The smallest absolute Gasteiger partial charge is 0.243 e. The van der Waals surface area contributed by atoms with Gasteiger partial charge in [-0.3, -0.25) is 0 Å². The Bertz CT molecular complexity index is 980. The lowest BCUT2D eigenvalue weighted by Gasteiger charge is -2.26. The number of aromatic nitrogens is 2. The van der Waals surface area contributed by atoms with E-state index in [0.29, 0.717) is 32.1 Å². The van der Waals surface area contributed by atoms with Gasteiger partial charge >= 0.3 is 0 Å². The molecule has 1 N–H and O–H groups in total. The van der Waals surface area contributed by atoms with Gasteiger partial charge in [-0.25, -0.2) is 18.4 Å². The Balaban J connectivity index is 1.57. The van der Waals surface area contributed by atoms with Crippen molar-refractivity contribution in [3.05, 3.63) is 42.0 Å². The second-order valence-corrected chi connectivity index (χ2v) is 8.36. The third-order valence-corrected chi connectivity index (χ3v) is 6.72. The average Bonchev–Trinajstić information content (AvgIpc) is 3.13. The van der Waals surface area contributed by atoms with Crippen molar-refractivity contribution in [2.75, 3.05) is 31.6 Å². The van der Waals surface area contributed by atoms with Crippen LogP contribution < -0.4 is 5.32 Å². The van der Waals surface area contributed by atoms with Crippen LogP contribution in [0, 0.1) is 0 Å². The van der Waals surface area contributed by atoms with E-state index < -0.39 is 10.0 Å². The fourth-order valence-corrected chi connectivity index (χ4v) is 4.81. The van der Waals surface area contributed by atoms with E-state index in [9.17, 15) is 8.42 Å². The maximum Gasteiger partial charge on any atom is 0.243 e. The number of fused-ring (bicyclic) bond motifs is 1. The molecule has 1 aliphatic rings. The molecule has 3 aromatic rings. The van der Waals surface area contributed by atoms with Crippen LogP contribution in [0.2, 0.25) is 0 Å². The summed E-state index contributed by atoms with van der Waals surface area (Å²) < 4.78 is 31.9. The number of nitrogens with zero attached hydrogens (tertiary/aromatic N) is 3. The van der Waals surface area contributed by atoms with Crippen LogP contribution in [0.1, 0.15) is 0 Å². The normalized spacial score (nSPS) is 16.2. The number of nitrogens with one attached hydrogen (secondary N) is 1. The van der Waals surface area contributed by atoms with Gasteiger partial charge in [0.25, 0.3) is 0 Å². The highest BCUT2D eigenvalue weighted by Crippen LogP contribution is 2.27. The summed E-state index contributed by atoms with van der Waals surface area (Å²) >= 11 is 1.55. The zero-order valence-electron chi connectivity index (χ0n) is 13.3. The number of ether oxygens (including phenoxy) is 1. The molecule has 2 aromatic heterocycles. The van der Waals surface area contributed by atoms with Gasteiger partial charge in [-0.1, -0.05) is 0 Å². The number of hydrogen-bond donors (Lipinski definition) is 1. The van der Waals surface area contributed by atoms with E-state index in [1.165, 1.54) is 10.6 Å². The quantitative estimate of drug-likeness (QED) is 0.753. The van der Waals surface area contributed by atoms with Crippen LogP contribution in [0.5, 0.6) is 0 Å². The molecule has 1 aromatic carbocycles. The minimum absolute atomic E-state index is 0.281. The van der Waals surface area contributed by atoms with Crippen molar-refractivity contribution >= 4 is 43.1 Å². The van der Waals surface area contributed by atoms with Crippen molar-refractivity contribution in [1.82, 2.24) is 14.3 Å². The zero-order chi connectivity index (χ0) is 17.3. The van der Waals surface area contributed by atoms with Gasteiger partial charge in [-0.2, -0.15) is 4.31 Å². The van der Waals surface area contributed by atoms with Crippen LogP contribution in [0.25, 0.3) is 10.2 Å². The van der Waals surface area contributed by atoms with Gasteiger partial charge in [0.05, 0.1) is 23.5 Å². The molecule has 0 bridgehead atoms. The fraction of sp³-hybridized carbons (Fsp3) is 0.250. The SMILES string of the molecule is O=S(=O)(c1ccc(Nc2ncnc3sccc23)cc1)N1CCOCC1. The Morgan fingerprint density at radius 3 is 2.60 bits per heavy atom. The molecule has 1 saturated heterocycles. The van der Waals surface area contributed by atoms with Crippen LogP contribution in [-0.4, -0.2) is 49.0 Å². The van der Waals surface area contributed by atoms with Gasteiger partial charge in [-0.15, -0.1) is 11.3 Å². The lowest BCUT2D eigenvalue weighted by atomic mass is 10.3. The summed E-state index contributed by atoms with van der Waals surface area (Å²) in [5.41, 5.74) is 0.770. The maximum absolute atomic E-state index is 12.6. The summed E-state index contributed by atoms with van der Waals surface area (Å²) in [4.78, 5) is 9.66. The van der Waals surface area contributed by atoms with E-state index in [-0.39, 0.29) is 4.90 Å². The number of rotatable bonds is 4. The molecule has 0 radical (unpaired) electrons. The predicted molar refractivity (Wildman–Crippen MR) is 96.7 cm³/mol. The molecule has 0 saturated carbocycles. The number of sulfonamides is 1. The largest absolute Gasteiger partial charge is 0.379 e. The number of hydrogen-bond acceptors (Lipinski definition) is 7. The Morgan fingerprint density at radius 2 is 1.84 bits per heavy atom. The summed E-state index contributed by atoms with van der Waals surface area (Å²) in [6.07, 6.45) is 1.51. The average molecular weight is 376 g/mol. The minimum atomic E-state index is -3.48. The highest BCUT2D eigenvalue weighted by atomic mass is 32.2. The predicted octanol–water partition coefficient (Wildman–Crippen LogP) is 2.46. The second kappa shape index (κ2) is 6.68. The number of anilines is 2. The molecule has 25 heavy (non-hydrogen) atoms. The third-order valence-electron chi connectivity index (χ3n) is 3.99. The van der Waals surface area contributed by atoms with Crippen molar-refractivity contribution in [3.63, 3.8) is 0 Å². The molecule has 4 rings (SSSR count). The molecule has 0 amide bonds. The first-order chi connectivity index (χ1) is 12.1. The molecule has 0 atom stereocenters. The van der Waals surface area contributed by atoms with E-state index in [1.807, 2.05) is 11.4 Å². The molecular formula is C16H16N4O3S2. The lowest BCUT2D eigenvalue weighted by molar-refractivity contribution is 0.0730. The summed E-state index contributed by atoms with van der Waals surface area (Å²) in [6, 6.07) is 8.67. The van der Waals surface area contributed by atoms with E-state index in [2.05, 4.69) is 15.3 Å². The van der Waals surface area contributed by atoms with Crippen molar-refractivity contribution in [2.24, 2.45) is 0 Å². The van der Waals surface area contributed by atoms with Gasteiger partial charge in [0.15, 0.2) is 0 Å². The van der Waals surface area contributed by atoms with E-state index >= 15 is 0 Å². The molecule has 130 valence electrons. The van der Waals surface area contributed by atoms with Crippen molar-refractivity contribution < 1.29 is 13.2 Å². The van der Waals surface area contributed by atoms with Crippen LogP contribution in [0.4, 0.5) is 11.5 Å². The standard InChI is InChI=1S/C16H16N4O3S2/c21-25(22,20-6-8-23-9-7-20)13-3-1-12(2-4-13)19-15-14-5-10-24-16(14)18-11-17-15/h1-5,10-11H,6-9H2,(H,17,18,19). The Labute approximate surface area is 149 Å². The van der Waals surface area contributed by atoms with E-state index in [0.717, 1.165) is 15.9 Å². The summed E-state index contributed by atoms with van der Waals surface area (Å²) in [6.45, 7) is 1.64. The van der Waals surface area contributed by atoms with E-state index in [1.54, 1.807) is 35.6 Å². The van der Waals surface area contributed by atoms with E-state index in [4.69, 9.17) is 4.74 Å². The summed E-state index contributed by atoms with van der Waals surface area (Å²) in [5.74, 6) is 0.704. The van der Waals surface area contributed by atoms with Crippen LogP contribution >= 0.6 is 11.3 Å². The molecule has 1 aliphatic heterocycles. The summed E-state index contributed by atoms with van der Waals surface area (Å²) in [5, 5.41) is 6.12. The number of benzene rings is 1. The molecule has 0 spiro atoms. The molecule has 0 aliphatic carbocycles. The minimum Gasteiger partial charge on any atom is -0.379 e. The number of thiophene rings is 1. The first-order valence-corrected chi connectivity index (χ1v) is 10.1. The number of morpholine rings is 1. The fourth-order valence-electron chi connectivity index (χ4n) is 2.67. The van der Waals surface area contributed by atoms with Crippen LogP contribution in [0.3, 0.4) is 0 Å². The van der Waals surface area contributed by atoms with Crippen molar-refractivity contribution in [3.8, 4) is 0 Å². The topological polar surface area (TPSA) is 84.4 Å². The lowest BCUT2D eigenvalue weighted by Crippen LogP contribution is -2.40. The van der Waals surface area contributed by atoms with Gasteiger partial charge < -0.3 is 10.1 Å². The Morgan fingerprint density at radius 1 is 1.08 bits per heavy atom. The third kappa shape index (κ3) is 3.23.